The fraction of sp³-hybridized carbons (Fsp3) is 0.611. The molecule has 4 aliphatic carbocycles. The van der Waals surface area contributed by atoms with Crippen LogP contribution in [0.25, 0.3) is 0 Å². The van der Waals surface area contributed by atoms with E-state index in [4.69, 9.17) is 16.3 Å². The van der Waals surface area contributed by atoms with Crippen LogP contribution in [0.2, 0.25) is 5.02 Å². The summed E-state index contributed by atoms with van der Waals surface area (Å²) >= 11 is 5.92. The lowest BCUT2D eigenvalue weighted by molar-refractivity contribution is -0.128. The Morgan fingerprint density at radius 3 is 2.39 bits per heavy atom. The second-order valence-electron chi connectivity index (χ2n) is 7.61. The zero-order valence-electron chi connectivity index (χ0n) is 13.0. The van der Waals surface area contributed by atoms with Crippen molar-refractivity contribution in [2.24, 2.45) is 17.8 Å². The highest BCUT2D eigenvalue weighted by Gasteiger charge is 2.51. The Morgan fingerprint density at radius 1 is 1.22 bits per heavy atom. The minimum Gasteiger partial charge on any atom is -0.482 e. The zero-order chi connectivity index (χ0) is 16.0. The molecule has 0 aliphatic heterocycles. The summed E-state index contributed by atoms with van der Waals surface area (Å²) < 4.78 is 18.5. The maximum absolute atomic E-state index is 13.0. The molecule has 3 nitrogen and oxygen atoms in total. The number of rotatable bonds is 4. The Balaban J connectivity index is 1.37. The summed E-state index contributed by atoms with van der Waals surface area (Å²) in [6.45, 7) is -0.0763. The standard InChI is InChI=1S/C18H21ClFNO2/c19-15-6-14(20)1-2-16(15)23-10-17(22)21-18-7-11-3-12(8-18)5-13(4-11)9-18/h1-2,6,11-13H,3-5,7-10H2,(H,21,22). The minimum absolute atomic E-state index is 0.0121. The van der Waals surface area contributed by atoms with E-state index in [1.54, 1.807) is 0 Å². The Labute approximate surface area is 140 Å². The predicted octanol–water partition coefficient (Wildman–Crippen LogP) is 3.94. The predicted molar refractivity (Wildman–Crippen MR) is 86.0 cm³/mol. The monoisotopic (exact) mass is 337 g/mol. The molecule has 124 valence electrons. The number of amides is 1. The van der Waals surface area contributed by atoms with Crippen molar-refractivity contribution in [2.45, 2.75) is 44.1 Å². The fourth-order valence-electron chi connectivity index (χ4n) is 5.33. The average molecular weight is 338 g/mol. The van der Waals surface area contributed by atoms with Gasteiger partial charge in [0.2, 0.25) is 0 Å². The van der Waals surface area contributed by atoms with E-state index in [1.165, 1.54) is 37.5 Å². The van der Waals surface area contributed by atoms with Crippen LogP contribution >= 0.6 is 11.6 Å². The Hall–Kier alpha value is -1.29. The molecule has 1 N–H and O–H groups in total. The molecule has 0 spiro atoms. The van der Waals surface area contributed by atoms with E-state index >= 15 is 0 Å². The normalized spacial score (nSPS) is 34.4. The molecule has 0 unspecified atom stereocenters. The second kappa shape index (κ2) is 5.66. The highest BCUT2D eigenvalue weighted by atomic mass is 35.5. The summed E-state index contributed by atoms with van der Waals surface area (Å²) in [7, 11) is 0. The van der Waals surface area contributed by atoms with Gasteiger partial charge >= 0.3 is 0 Å². The van der Waals surface area contributed by atoms with Gasteiger partial charge in [-0.2, -0.15) is 0 Å². The van der Waals surface area contributed by atoms with Crippen LogP contribution in [0.15, 0.2) is 18.2 Å². The summed E-state index contributed by atoms with van der Waals surface area (Å²) in [6, 6.07) is 3.92. The topological polar surface area (TPSA) is 38.3 Å². The number of carbonyl (C=O) groups excluding carboxylic acids is 1. The lowest BCUT2D eigenvalue weighted by atomic mass is 9.53. The van der Waals surface area contributed by atoms with Gasteiger partial charge in [0.25, 0.3) is 5.91 Å². The van der Waals surface area contributed by atoms with Gasteiger partial charge in [0.15, 0.2) is 6.61 Å². The highest BCUT2D eigenvalue weighted by molar-refractivity contribution is 6.32. The molecule has 1 aromatic carbocycles. The molecule has 1 amide bonds. The van der Waals surface area contributed by atoms with Gasteiger partial charge in [-0.3, -0.25) is 4.79 Å². The number of carbonyl (C=O) groups is 1. The van der Waals surface area contributed by atoms with Crippen molar-refractivity contribution < 1.29 is 13.9 Å². The second-order valence-corrected chi connectivity index (χ2v) is 8.02. The van der Waals surface area contributed by atoms with E-state index in [-0.39, 0.29) is 23.1 Å². The first kappa shape index (κ1) is 15.3. The third-order valence-electron chi connectivity index (χ3n) is 5.70. The summed E-state index contributed by atoms with van der Waals surface area (Å²) in [6.07, 6.45) is 7.37. The van der Waals surface area contributed by atoms with Gasteiger partial charge in [-0.1, -0.05) is 11.6 Å². The molecule has 1 aromatic rings. The molecule has 4 aliphatic rings. The molecule has 4 fully saturated rings. The van der Waals surface area contributed by atoms with Crippen LogP contribution in [-0.4, -0.2) is 18.1 Å². The SMILES string of the molecule is O=C(COc1ccc(F)cc1Cl)NC12CC3CC(CC(C3)C1)C2. The van der Waals surface area contributed by atoms with Gasteiger partial charge < -0.3 is 10.1 Å². The Bertz CT molecular complexity index is 598. The first-order chi connectivity index (χ1) is 11.0. The summed E-state index contributed by atoms with van der Waals surface area (Å²) in [5.41, 5.74) is -0.0121. The highest BCUT2D eigenvalue weighted by Crippen LogP contribution is 2.55. The van der Waals surface area contributed by atoms with Crippen LogP contribution in [0.1, 0.15) is 38.5 Å². The number of hydrogen-bond donors (Lipinski definition) is 1. The van der Waals surface area contributed by atoms with Crippen molar-refractivity contribution in [3.63, 3.8) is 0 Å². The third-order valence-corrected chi connectivity index (χ3v) is 5.99. The molecule has 0 radical (unpaired) electrons. The molecule has 4 saturated carbocycles. The van der Waals surface area contributed by atoms with Gasteiger partial charge in [-0.25, -0.2) is 4.39 Å². The average Bonchev–Trinajstić information content (AvgIpc) is 2.44. The van der Waals surface area contributed by atoms with Crippen molar-refractivity contribution >= 4 is 17.5 Å². The molecule has 4 bridgehead atoms. The van der Waals surface area contributed by atoms with Crippen molar-refractivity contribution in [3.05, 3.63) is 29.0 Å². The van der Waals surface area contributed by atoms with E-state index in [0.29, 0.717) is 5.75 Å². The fourth-order valence-corrected chi connectivity index (χ4v) is 5.55. The van der Waals surface area contributed by atoms with Crippen molar-refractivity contribution in [1.82, 2.24) is 5.32 Å². The van der Waals surface area contributed by atoms with Crippen LogP contribution in [0.5, 0.6) is 5.75 Å². The molecule has 0 atom stereocenters. The maximum Gasteiger partial charge on any atom is 0.258 e. The van der Waals surface area contributed by atoms with Gasteiger partial charge in [0.05, 0.1) is 5.02 Å². The van der Waals surface area contributed by atoms with Crippen LogP contribution in [-0.2, 0) is 4.79 Å². The van der Waals surface area contributed by atoms with E-state index in [2.05, 4.69) is 5.32 Å². The molecular weight excluding hydrogens is 317 g/mol. The van der Waals surface area contributed by atoms with Crippen LogP contribution in [0.3, 0.4) is 0 Å². The minimum atomic E-state index is -0.416. The van der Waals surface area contributed by atoms with E-state index in [0.717, 1.165) is 37.0 Å². The molecule has 5 heteroatoms. The molecule has 0 aromatic heterocycles. The van der Waals surface area contributed by atoms with Crippen molar-refractivity contribution in [1.29, 1.82) is 0 Å². The summed E-state index contributed by atoms with van der Waals surface area (Å²) in [5, 5.41) is 3.43. The Morgan fingerprint density at radius 2 is 1.83 bits per heavy atom. The smallest absolute Gasteiger partial charge is 0.258 e. The van der Waals surface area contributed by atoms with E-state index in [9.17, 15) is 9.18 Å². The van der Waals surface area contributed by atoms with Gasteiger partial charge in [-0.15, -0.1) is 0 Å². The number of hydrogen-bond acceptors (Lipinski definition) is 2. The van der Waals surface area contributed by atoms with Crippen molar-refractivity contribution in [2.75, 3.05) is 6.61 Å². The number of benzene rings is 1. The number of halogens is 2. The number of nitrogens with one attached hydrogen (secondary N) is 1. The first-order valence-electron chi connectivity index (χ1n) is 8.40. The molecular formula is C18H21ClFNO2. The van der Waals surface area contributed by atoms with Gasteiger partial charge in [0, 0.05) is 5.54 Å². The Kier molecular flexibility index (Phi) is 3.75. The molecule has 0 heterocycles. The largest absolute Gasteiger partial charge is 0.482 e. The van der Waals surface area contributed by atoms with Crippen LogP contribution in [0, 0.1) is 23.6 Å². The third kappa shape index (κ3) is 3.06. The lowest BCUT2D eigenvalue weighted by Crippen LogP contribution is -2.60. The quantitative estimate of drug-likeness (QED) is 0.903. The molecule has 5 rings (SSSR count). The van der Waals surface area contributed by atoms with Gasteiger partial charge in [-0.05, 0) is 74.5 Å². The zero-order valence-corrected chi connectivity index (χ0v) is 13.7. The van der Waals surface area contributed by atoms with Crippen LogP contribution < -0.4 is 10.1 Å². The van der Waals surface area contributed by atoms with E-state index in [1.807, 2.05) is 0 Å². The lowest BCUT2D eigenvalue weighted by Gasteiger charge is -2.56. The summed E-state index contributed by atoms with van der Waals surface area (Å²) in [5.74, 6) is 2.18. The van der Waals surface area contributed by atoms with Gasteiger partial charge in [0.1, 0.15) is 11.6 Å². The summed E-state index contributed by atoms with van der Waals surface area (Å²) in [4.78, 5) is 12.3. The van der Waals surface area contributed by atoms with Crippen molar-refractivity contribution in [3.8, 4) is 5.75 Å². The number of ether oxygens (including phenoxy) is 1. The molecule has 23 heavy (non-hydrogen) atoms. The van der Waals surface area contributed by atoms with Crippen LogP contribution in [0.4, 0.5) is 4.39 Å². The van der Waals surface area contributed by atoms with E-state index < -0.39 is 5.82 Å². The molecule has 0 saturated heterocycles. The maximum atomic E-state index is 13.0. The first-order valence-corrected chi connectivity index (χ1v) is 8.78.